The van der Waals surface area contributed by atoms with Gasteiger partial charge in [0.2, 0.25) is 0 Å². The summed E-state index contributed by atoms with van der Waals surface area (Å²) in [5.74, 6) is -3.08. The molecule has 0 radical (unpaired) electrons. The summed E-state index contributed by atoms with van der Waals surface area (Å²) in [5.41, 5.74) is 0.552. The molecule has 0 aliphatic heterocycles. The number of aromatic hydroxyl groups is 1. The number of aliphatic hydroxyl groups is 1. The third-order valence-corrected chi connectivity index (χ3v) is 2.30. The molecular formula is C11H15F2NO2. The van der Waals surface area contributed by atoms with Crippen LogP contribution in [0.5, 0.6) is 5.75 Å². The fourth-order valence-corrected chi connectivity index (χ4v) is 1.32. The summed E-state index contributed by atoms with van der Waals surface area (Å²) in [7, 11) is 0. The molecule has 1 rings (SSSR count). The normalized spacial score (nSPS) is 13.8. The van der Waals surface area contributed by atoms with Crippen LogP contribution in [0.1, 0.15) is 18.5 Å². The first-order chi connectivity index (χ1) is 7.46. The average Bonchev–Trinajstić information content (AvgIpc) is 2.27. The zero-order valence-electron chi connectivity index (χ0n) is 8.95. The molecule has 0 aliphatic rings. The maximum absolute atomic E-state index is 12.8. The summed E-state index contributed by atoms with van der Waals surface area (Å²) in [5, 5.41) is 20.4. The van der Waals surface area contributed by atoms with Crippen molar-refractivity contribution in [3.8, 4) is 5.75 Å². The first kappa shape index (κ1) is 12.9. The molecule has 0 saturated carbocycles. The van der Waals surface area contributed by atoms with Gasteiger partial charge >= 0.3 is 0 Å². The van der Waals surface area contributed by atoms with Crippen molar-refractivity contribution >= 4 is 0 Å². The number of rotatable bonds is 5. The number of phenolic OH excluding ortho intramolecular Hbond substituents is 1. The Balaban J connectivity index is 2.60. The van der Waals surface area contributed by atoms with Crippen molar-refractivity contribution in [2.24, 2.45) is 0 Å². The van der Waals surface area contributed by atoms with E-state index in [0.29, 0.717) is 5.56 Å². The lowest BCUT2D eigenvalue weighted by Crippen LogP contribution is -2.37. The van der Waals surface area contributed by atoms with Crippen LogP contribution in [0, 0.1) is 0 Å². The number of phenols is 1. The van der Waals surface area contributed by atoms with E-state index in [-0.39, 0.29) is 5.75 Å². The Morgan fingerprint density at radius 3 is 2.56 bits per heavy atom. The SMILES string of the molecule is CC(NCC(F)(F)CO)c1ccccc1O. The first-order valence-corrected chi connectivity index (χ1v) is 4.96. The van der Waals surface area contributed by atoms with E-state index in [2.05, 4.69) is 5.32 Å². The van der Waals surface area contributed by atoms with Crippen LogP contribution in [0.4, 0.5) is 8.78 Å². The Bertz CT molecular complexity index is 345. The van der Waals surface area contributed by atoms with Crippen molar-refractivity contribution < 1.29 is 19.0 Å². The van der Waals surface area contributed by atoms with Crippen LogP contribution in [0.3, 0.4) is 0 Å². The Hall–Kier alpha value is -1.20. The molecule has 3 N–H and O–H groups in total. The third-order valence-electron chi connectivity index (χ3n) is 2.30. The summed E-state index contributed by atoms with van der Waals surface area (Å²) in [6.45, 7) is -0.144. The number of hydrogen-bond acceptors (Lipinski definition) is 3. The minimum Gasteiger partial charge on any atom is -0.508 e. The lowest BCUT2D eigenvalue weighted by atomic mass is 10.1. The van der Waals surface area contributed by atoms with Crippen LogP contribution >= 0.6 is 0 Å². The monoisotopic (exact) mass is 231 g/mol. The van der Waals surface area contributed by atoms with Gasteiger partial charge in [-0.25, -0.2) is 8.78 Å². The zero-order chi connectivity index (χ0) is 12.2. The van der Waals surface area contributed by atoms with Gasteiger partial charge in [0.05, 0.1) is 6.54 Å². The quantitative estimate of drug-likeness (QED) is 0.722. The van der Waals surface area contributed by atoms with E-state index in [1.54, 1.807) is 25.1 Å². The zero-order valence-corrected chi connectivity index (χ0v) is 8.95. The van der Waals surface area contributed by atoms with Gasteiger partial charge < -0.3 is 15.5 Å². The van der Waals surface area contributed by atoms with Crippen LogP contribution in [0.15, 0.2) is 24.3 Å². The Labute approximate surface area is 92.7 Å². The van der Waals surface area contributed by atoms with Gasteiger partial charge in [0.1, 0.15) is 12.4 Å². The van der Waals surface area contributed by atoms with Gasteiger partial charge in [-0.05, 0) is 13.0 Å². The van der Waals surface area contributed by atoms with Crippen molar-refractivity contribution in [1.29, 1.82) is 0 Å². The fraction of sp³-hybridized carbons (Fsp3) is 0.455. The molecule has 5 heteroatoms. The van der Waals surface area contributed by atoms with E-state index in [4.69, 9.17) is 5.11 Å². The molecule has 90 valence electrons. The van der Waals surface area contributed by atoms with E-state index in [1.807, 2.05) is 0 Å². The highest BCUT2D eigenvalue weighted by atomic mass is 19.3. The second-order valence-corrected chi connectivity index (χ2v) is 3.68. The first-order valence-electron chi connectivity index (χ1n) is 4.96. The number of benzene rings is 1. The molecule has 0 aromatic heterocycles. The van der Waals surface area contributed by atoms with E-state index in [1.165, 1.54) is 6.07 Å². The predicted molar refractivity (Wildman–Crippen MR) is 56.6 cm³/mol. The predicted octanol–water partition coefficient (Wildman–Crippen LogP) is 1.67. The maximum atomic E-state index is 12.8. The molecule has 0 saturated heterocycles. The largest absolute Gasteiger partial charge is 0.508 e. The summed E-state index contributed by atoms with van der Waals surface area (Å²) >= 11 is 0. The van der Waals surface area contributed by atoms with E-state index in [9.17, 15) is 13.9 Å². The molecule has 0 heterocycles. The van der Waals surface area contributed by atoms with Gasteiger partial charge in [0.15, 0.2) is 0 Å². The molecule has 0 bridgehead atoms. The molecule has 0 amide bonds. The molecule has 1 atom stereocenters. The maximum Gasteiger partial charge on any atom is 0.282 e. The van der Waals surface area contributed by atoms with Crippen molar-refractivity contribution in [2.75, 3.05) is 13.2 Å². The second kappa shape index (κ2) is 5.23. The van der Waals surface area contributed by atoms with Gasteiger partial charge in [-0.2, -0.15) is 0 Å². The van der Waals surface area contributed by atoms with Crippen molar-refractivity contribution in [2.45, 2.75) is 18.9 Å². The number of para-hydroxylation sites is 1. The number of hydrogen-bond donors (Lipinski definition) is 3. The highest BCUT2D eigenvalue weighted by Gasteiger charge is 2.28. The summed E-state index contributed by atoms with van der Waals surface area (Å²) in [6.07, 6.45) is 0. The average molecular weight is 231 g/mol. The topological polar surface area (TPSA) is 52.5 Å². The summed E-state index contributed by atoms with van der Waals surface area (Å²) < 4.78 is 25.5. The molecular weight excluding hydrogens is 216 g/mol. The van der Waals surface area contributed by atoms with Gasteiger partial charge in [-0.15, -0.1) is 0 Å². The molecule has 0 spiro atoms. The minimum atomic E-state index is -3.14. The van der Waals surface area contributed by atoms with Crippen LogP contribution in [0.2, 0.25) is 0 Å². The summed E-state index contributed by atoms with van der Waals surface area (Å²) in [6, 6.07) is 6.13. The molecule has 3 nitrogen and oxygen atoms in total. The number of aliphatic hydroxyl groups excluding tert-OH is 1. The lowest BCUT2D eigenvalue weighted by molar-refractivity contribution is -0.0491. The lowest BCUT2D eigenvalue weighted by Gasteiger charge is -2.19. The third kappa shape index (κ3) is 3.43. The van der Waals surface area contributed by atoms with Crippen molar-refractivity contribution in [3.63, 3.8) is 0 Å². The summed E-state index contributed by atoms with van der Waals surface area (Å²) in [4.78, 5) is 0. The molecule has 1 aromatic carbocycles. The Kier molecular flexibility index (Phi) is 4.20. The number of alkyl halides is 2. The Morgan fingerprint density at radius 1 is 1.38 bits per heavy atom. The van der Waals surface area contributed by atoms with E-state index < -0.39 is 25.1 Å². The molecule has 1 unspecified atom stereocenters. The van der Waals surface area contributed by atoms with Crippen molar-refractivity contribution in [3.05, 3.63) is 29.8 Å². The van der Waals surface area contributed by atoms with Crippen LogP contribution in [0.25, 0.3) is 0 Å². The van der Waals surface area contributed by atoms with Gasteiger partial charge in [-0.1, -0.05) is 18.2 Å². The fourth-order valence-electron chi connectivity index (χ4n) is 1.32. The van der Waals surface area contributed by atoms with Crippen molar-refractivity contribution in [1.82, 2.24) is 5.32 Å². The number of nitrogens with one attached hydrogen (secondary N) is 1. The smallest absolute Gasteiger partial charge is 0.282 e. The van der Waals surface area contributed by atoms with Crippen LogP contribution < -0.4 is 5.32 Å². The van der Waals surface area contributed by atoms with E-state index in [0.717, 1.165) is 0 Å². The Morgan fingerprint density at radius 2 is 2.00 bits per heavy atom. The molecule has 0 aliphatic carbocycles. The minimum absolute atomic E-state index is 0.0646. The highest BCUT2D eigenvalue weighted by molar-refractivity contribution is 5.34. The van der Waals surface area contributed by atoms with Gasteiger partial charge in [-0.3, -0.25) is 0 Å². The standard InChI is InChI=1S/C11H15F2NO2/c1-8(14-6-11(12,13)7-15)9-4-2-3-5-10(9)16/h2-5,8,14-16H,6-7H2,1H3. The van der Waals surface area contributed by atoms with Crippen LogP contribution in [-0.4, -0.2) is 29.3 Å². The number of halogens is 2. The highest BCUT2D eigenvalue weighted by Crippen LogP contribution is 2.23. The van der Waals surface area contributed by atoms with Gasteiger partial charge in [0.25, 0.3) is 5.92 Å². The second-order valence-electron chi connectivity index (χ2n) is 3.68. The molecule has 16 heavy (non-hydrogen) atoms. The van der Waals surface area contributed by atoms with Crippen LogP contribution in [-0.2, 0) is 0 Å². The van der Waals surface area contributed by atoms with E-state index >= 15 is 0 Å². The van der Waals surface area contributed by atoms with Gasteiger partial charge in [0, 0.05) is 11.6 Å². The molecule has 0 fully saturated rings. The molecule has 1 aromatic rings.